The summed E-state index contributed by atoms with van der Waals surface area (Å²) in [6.07, 6.45) is 0. The predicted molar refractivity (Wildman–Crippen MR) is 98.3 cm³/mol. The molecule has 0 aliphatic carbocycles. The number of benzene rings is 2. The van der Waals surface area contributed by atoms with Gasteiger partial charge in [-0.25, -0.2) is 4.90 Å². The molecule has 0 aromatic heterocycles. The maximum atomic E-state index is 12.9. The summed E-state index contributed by atoms with van der Waals surface area (Å²) in [4.78, 5) is 25.9. The van der Waals surface area contributed by atoms with Crippen molar-refractivity contribution in [3.63, 3.8) is 0 Å². The lowest BCUT2D eigenvalue weighted by Crippen LogP contribution is -2.31. The highest BCUT2D eigenvalue weighted by Gasteiger charge is 2.39. The highest BCUT2D eigenvalue weighted by Crippen LogP contribution is 2.45. The van der Waals surface area contributed by atoms with E-state index in [4.69, 9.17) is 14.7 Å². The SMILES string of the molecule is COc1cc2c(cc1OC)N(C(C)=O)C(=O)/C2=C(/O)c1cccc(C#N)c1. The van der Waals surface area contributed by atoms with E-state index in [0.717, 1.165) is 4.90 Å². The third-order valence-corrected chi connectivity index (χ3v) is 4.25. The van der Waals surface area contributed by atoms with Gasteiger partial charge < -0.3 is 14.6 Å². The summed E-state index contributed by atoms with van der Waals surface area (Å²) >= 11 is 0. The fourth-order valence-corrected chi connectivity index (χ4v) is 3.01. The molecule has 0 saturated carbocycles. The number of aliphatic hydroxyl groups excluding tert-OH is 1. The molecule has 0 unspecified atom stereocenters. The van der Waals surface area contributed by atoms with E-state index in [1.807, 2.05) is 6.07 Å². The van der Waals surface area contributed by atoms with Crippen LogP contribution >= 0.6 is 0 Å². The molecule has 136 valence electrons. The van der Waals surface area contributed by atoms with Crippen molar-refractivity contribution in [2.75, 3.05) is 19.1 Å². The van der Waals surface area contributed by atoms with E-state index in [-0.39, 0.29) is 11.3 Å². The summed E-state index contributed by atoms with van der Waals surface area (Å²) < 4.78 is 10.5. The molecule has 1 aliphatic rings. The lowest BCUT2D eigenvalue weighted by Gasteiger charge is -2.14. The Labute approximate surface area is 155 Å². The zero-order chi connectivity index (χ0) is 19.7. The number of hydrogen-bond acceptors (Lipinski definition) is 6. The van der Waals surface area contributed by atoms with Crippen molar-refractivity contribution in [1.29, 1.82) is 5.26 Å². The molecule has 1 aliphatic heterocycles. The van der Waals surface area contributed by atoms with E-state index in [0.29, 0.717) is 33.9 Å². The van der Waals surface area contributed by atoms with Crippen LogP contribution in [0.5, 0.6) is 11.5 Å². The van der Waals surface area contributed by atoms with Crippen molar-refractivity contribution in [2.45, 2.75) is 6.92 Å². The van der Waals surface area contributed by atoms with Gasteiger partial charge in [0.15, 0.2) is 11.5 Å². The first-order chi connectivity index (χ1) is 12.9. The van der Waals surface area contributed by atoms with E-state index in [2.05, 4.69) is 0 Å². The lowest BCUT2D eigenvalue weighted by atomic mass is 10.0. The number of carbonyl (C=O) groups is 2. The maximum absolute atomic E-state index is 12.9. The molecule has 27 heavy (non-hydrogen) atoms. The zero-order valence-electron chi connectivity index (χ0n) is 14.9. The van der Waals surface area contributed by atoms with Crippen LogP contribution in [0.3, 0.4) is 0 Å². The third-order valence-electron chi connectivity index (χ3n) is 4.25. The lowest BCUT2D eigenvalue weighted by molar-refractivity contribution is -0.122. The number of amides is 2. The Hall–Kier alpha value is -3.79. The van der Waals surface area contributed by atoms with Crippen molar-refractivity contribution >= 4 is 28.8 Å². The molecule has 0 spiro atoms. The quantitative estimate of drug-likeness (QED) is 0.664. The number of aliphatic hydroxyl groups is 1. The van der Waals surface area contributed by atoms with Gasteiger partial charge in [0.1, 0.15) is 5.76 Å². The van der Waals surface area contributed by atoms with Crippen LogP contribution in [0, 0.1) is 11.3 Å². The van der Waals surface area contributed by atoms with Crippen LogP contribution in [0.15, 0.2) is 36.4 Å². The molecule has 0 bridgehead atoms. The number of rotatable bonds is 3. The van der Waals surface area contributed by atoms with E-state index in [9.17, 15) is 14.7 Å². The van der Waals surface area contributed by atoms with Crippen molar-refractivity contribution in [3.05, 3.63) is 53.1 Å². The van der Waals surface area contributed by atoms with Crippen molar-refractivity contribution < 1.29 is 24.2 Å². The van der Waals surface area contributed by atoms with Gasteiger partial charge in [0.05, 0.1) is 37.1 Å². The van der Waals surface area contributed by atoms with Crippen LogP contribution in [0.2, 0.25) is 0 Å². The van der Waals surface area contributed by atoms with E-state index in [1.165, 1.54) is 39.3 Å². The van der Waals surface area contributed by atoms with Gasteiger partial charge in [-0.3, -0.25) is 9.59 Å². The Morgan fingerprint density at radius 1 is 1.15 bits per heavy atom. The van der Waals surface area contributed by atoms with Crippen LogP contribution in [0.4, 0.5) is 5.69 Å². The van der Waals surface area contributed by atoms with Crippen molar-refractivity contribution in [2.24, 2.45) is 0 Å². The largest absolute Gasteiger partial charge is 0.506 e. The van der Waals surface area contributed by atoms with Gasteiger partial charge in [-0.2, -0.15) is 5.26 Å². The number of fused-ring (bicyclic) bond motifs is 1. The zero-order valence-corrected chi connectivity index (χ0v) is 14.9. The number of methoxy groups -OCH3 is 2. The monoisotopic (exact) mass is 364 g/mol. The molecule has 7 heteroatoms. The van der Waals surface area contributed by atoms with Crippen LogP contribution < -0.4 is 14.4 Å². The van der Waals surface area contributed by atoms with Crippen LogP contribution in [0.1, 0.15) is 23.6 Å². The summed E-state index contributed by atoms with van der Waals surface area (Å²) in [5.74, 6) is -0.780. The Morgan fingerprint density at radius 3 is 2.41 bits per heavy atom. The summed E-state index contributed by atoms with van der Waals surface area (Å²) in [5.41, 5.74) is 1.22. The average molecular weight is 364 g/mol. The number of imide groups is 1. The first-order valence-electron chi connectivity index (χ1n) is 7.98. The molecule has 2 aromatic rings. The Kier molecular flexibility index (Phi) is 4.57. The van der Waals surface area contributed by atoms with E-state index in [1.54, 1.807) is 18.2 Å². The molecule has 0 saturated heterocycles. The molecule has 7 nitrogen and oxygen atoms in total. The maximum Gasteiger partial charge on any atom is 0.269 e. The number of nitriles is 1. The summed E-state index contributed by atoms with van der Waals surface area (Å²) in [6, 6.07) is 11.3. The van der Waals surface area contributed by atoms with Crippen LogP contribution in [0.25, 0.3) is 11.3 Å². The minimum absolute atomic E-state index is 0.0451. The molecule has 2 amide bonds. The van der Waals surface area contributed by atoms with Crippen LogP contribution in [-0.4, -0.2) is 31.1 Å². The van der Waals surface area contributed by atoms with Crippen molar-refractivity contribution in [3.8, 4) is 17.6 Å². The minimum Gasteiger partial charge on any atom is -0.506 e. The molecular formula is C20H16N2O5. The highest BCUT2D eigenvalue weighted by atomic mass is 16.5. The van der Waals surface area contributed by atoms with Gasteiger partial charge in [-0.15, -0.1) is 0 Å². The summed E-state index contributed by atoms with van der Waals surface area (Å²) in [7, 11) is 2.89. The fraction of sp³-hybridized carbons (Fsp3) is 0.150. The average Bonchev–Trinajstić information content (AvgIpc) is 2.97. The van der Waals surface area contributed by atoms with E-state index < -0.39 is 11.8 Å². The first-order valence-corrected chi connectivity index (χ1v) is 7.98. The molecule has 0 atom stereocenters. The van der Waals surface area contributed by atoms with Gasteiger partial charge in [0.25, 0.3) is 5.91 Å². The molecule has 2 aromatic carbocycles. The summed E-state index contributed by atoms with van der Waals surface area (Å²) in [6.45, 7) is 1.26. The Bertz CT molecular complexity index is 1030. The molecule has 1 N–H and O–H groups in total. The number of nitrogens with zero attached hydrogens (tertiary/aromatic N) is 2. The number of anilines is 1. The molecule has 0 radical (unpaired) electrons. The fourth-order valence-electron chi connectivity index (χ4n) is 3.01. The number of ether oxygens (including phenoxy) is 2. The standard InChI is InChI=1S/C20H16N2O5/c1-11(23)22-15-9-17(27-3)16(26-2)8-14(15)18(20(22)25)19(24)13-6-4-5-12(7-13)10-21/h4-9,24H,1-3H3/b19-18+. The minimum atomic E-state index is -0.660. The van der Waals surface area contributed by atoms with Gasteiger partial charge in [0, 0.05) is 24.1 Å². The highest BCUT2D eigenvalue weighted by molar-refractivity contribution is 6.42. The second-order valence-electron chi connectivity index (χ2n) is 5.80. The number of carbonyl (C=O) groups excluding carboxylic acids is 2. The second kappa shape index (κ2) is 6.84. The molecule has 0 fully saturated rings. The van der Waals surface area contributed by atoms with Crippen LogP contribution in [-0.2, 0) is 9.59 Å². The van der Waals surface area contributed by atoms with Gasteiger partial charge in [-0.05, 0) is 18.2 Å². The van der Waals surface area contributed by atoms with Gasteiger partial charge in [0.2, 0.25) is 5.91 Å². The normalized spacial score (nSPS) is 14.4. The Morgan fingerprint density at radius 2 is 1.81 bits per heavy atom. The Balaban J connectivity index is 2.31. The summed E-state index contributed by atoms with van der Waals surface area (Å²) in [5, 5.41) is 19.8. The predicted octanol–water partition coefficient (Wildman–Crippen LogP) is 2.89. The third kappa shape index (κ3) is 2.87. The van der Waals surface area contributed by atoms with Gasteiger partial charge >= 0.3 is 0 Å². The van der Waals surface area contributed by atoms with Gasteiger partial charge in [-0.1, -0.05) is 12.1 Å². The number of hydrogen-bond donors (Lipinski definition) is 1. The van der Waals surface area contributed by atoms with E-state index >= 15 is 0 Å². The second-order valence-corrected chi connectivity index (χ2v) is 5.80. The smallest absolute Gasteiger partial charge is 0.269 e. The molecular weight excluding hydrogens is 348 g/mol. The topological polar surface area (TPSA) is 99.9 Å². The molecule has 3 rings (SSSR count). The molecule has 1 heterocycles. The van der Waals surface area contributed by atoms with Crippen molar-refractivity contribution in [1.82, 2.24) is 0 Å². The first kappa shape index (κ1) is 18.0.